The molecule has 0 aliphatic carbocycles. The molecule has 6 nitrogen and oxygen atoms in total. The van der Waals surface area contributed by atoms with Crippen molar-refractivity contribution in [1.29, 1.82) is 0 Å². The molecule has 11 heteroatoms. The minimum absolute atomic E-state index is 0.0813. The summed E-state index contributed by atoms with van der Waals surface area (Å²) in [6, 6.07) is 14.6. The van der Waals surface area contributed by atoms with Crippen molar-refractivity contribution in [2.75, 3.05) is 49.1 Å². The molecule has 1 amide bonds. The van der Waals surface area contributed by atoms with E-state index >= 15 is 0 Å². The lowest BCUT2D eigenvalue weighted by molar-refractivity contribution is -0.137. The Morgan fingerprint density at radius 1 is 0.872 bits per heavy atom. The monoisotopic (exact) mass is 575 g/mol. The Hall–Kier alpha value is -2.98. The first-order chi connectivity index (χ1) is 18.8. The first kappa shape index (κ1) is 27.6. The summed E-state index contributed by atoms with van der Waals surface area (Å²) in [5.41, 5.74) is 1.48. The largest absolute Gasteiger partial charge is 0.416 e. The van der Waals surface area contributed by atoms with Crippen molar-refractivity contribution in [3.63, 3.8) is 0 Å². The van der Waals surface area contributed by atoms with Gasteiger partial charge in [0.2, 0.25) is 0 Å². The smallest absolute Gasteiger partial charge is 0.368 e. The summed E-state index contributed by atoms with van der Waals surface area (Å²) < 4.78 is 39.2. The number of anilines is 2. The molecular formula is C28H29ClF3N5OS. The van der Waals surface area contributed by atoms with Crippen LogP contribution in [0.1, 0.15) is 40.7 Å². The Balaban J connectivity index is 1.15. The van der Waals surface area contributed by atoms with Gasteiger partial charge in [-0.1, -0.05) is 41.6 Å². The number of piperazine rings is 1. The van der Waals surface area contributed by atoms with E-state index < -0.39 is 11.7 Å². The van der Waals surface area contributed by atoms with Gasteiger partial charge in [0.05, 0.1) is 5.56 Å². The fraction of sp³-hybridized carbons (Fsp3) is 0.393. The minimum atomic E-state index is -4.38. The van der Waals surface area contributed by atoms with Gasteiger partial charge in [0.15, 0.2) is 5.16 Å². The van der Waals surface area contributed by atoms with Gasteiger partial charge in [0.25, 0.3) is 5.91 Å². The Labute approximate surface area is 235 Å². The van der Waals surface area contributed by atoms with Gasteiger partial charge in [-0.2, -0.15) is 13.2 Å². The Morgan fingerprint density at radius 2 is 1.59 bits per heavy atom. The molecule has 3 heterocycles. The molecule has 0 spiro atoms. The van der Waals surface area contributed by atoms with Gasteiger partial charge in [-0.05, 0) is 55.2 Å². The number of amides is 1. The van der Waals surface area contributed by atoms with Crippen LogP contribution in [0.4, 0.5) is 24.7 Å². The van der Waals surface area contributed by atoms with Crippen molar-refractivity contribution < 1.29 is 18.0 Å². The molecule has 3 aromatic rings. The van der Waals surface area contributed by atoms with Crippen LogP contribution in [0, 0.1) is 0 Å². The third kappa shape index (κ3) is 6.97. The number of rotatable bonds is 6. The number of piperidine rings is 1. The van der Waals surface area contributed by atoms with E-state index in [0.29, 0.717) is 53.5 Å². The summed E-state index contributed by atoms with van der Waals surface area (Å²) in [6.07, 6.45) is -0.831. The summed E-state index contributed by atoms with van der Waals surface area (Å²) in [5, 5.41) is 1.06. The second-order valence-electron chi connectivity index (χ2n) is 9.69. The molecule has 0 atom stereocenters. The van der Waals surface area contributed by atoms with Gasteiger partial charge >= 0.3 is 6.18 Å². The predicted octanol–water partition coefficient (Wildman–Crippen LogP) is 6.39. The van der Waals surface area contributed by atoms with Crippen LogP contribution in [0.5, 0.6) is 0 Å². The van der Waals surface area contributed by atoms with Crippen molar-refractivity contribution >= 4 is 40.8 Å². The molecule has 2 aliphatic rings. The average Bonchev–Trinajstić information content (AvgIpc) is 2.96. The van der Waals surface area contributed by atoms with Crippen LogP contribution in [-0.2, 0) is 11.9 Å². The zero-order valence-electron chi connectivity index (χ0n) is 21.3. The molecule has 0 radical (unpaired) electrons. The van der Waals surface area contributed by atoms with Crippen LogP contribution in [0.3, 0.4) is 0 Å². The topological polar surface area (TPSA) is 52.6 Å². The fourth-order valence-electron chi connectivity index (χ4n) is 4.86. The molecule has 0 bridgehead atoms. The minimum Gasteiger partial charge on any atom is -0.368 e. The van der Waals surface area contributed by atoms with Gasteiger partial charge in [-0.25, -0.2) is 9.97 Å². The maximum Gasteiger partial charge on any atom is 0.416 e. The lowest BCUT2D eigenvalue weighted by Gasteiger charge is -2.36. The van der Waals surface area contributed by atoms with Gasteiger partial charge in [-0.3, -0.25) is 4.79 Å². The zero-order chi connectivity index (χ0) is 27.4. The number of thioether (sulfide) groups is 1. The van der Waals surface area contributed by atoms with Crippen LogP contribution in [0.2, 0.25) is 5.15 Å². The molecule has 206 valence electrons. The molecule has 2 fully saturated rings. The second-order valence-corrected chi connectivity index (χ2v) is 11.0. The van der Waals surface area contributed by atoms with Crippen molar-refractivity contribution in [2.45, 2.75) is 36.3 Å². The first-order valence-electron chi connectivity index (χ1n) is 13.0. The second kappa shape index (κ2) is 12.0. The van der Waals surface area contributed by atoms with Crippen LogP contribution >= 0.6 is 23.4 Å². The quantitative estimate of drug-likeness (QED) is 0.193. The van der Waals surface area contributed by atoms with Crippen molar-refractivity contribution in [3.05, 3.63) is 76.4 Å². The van der Waals surface area contributed by atoms with E-state index in [0.717, 1.165) is 49.4 Å². The number of hydrogen-bond acceptors (Lipinski definition) is 6. The van der Waals surface area contributed by atoms with Crippen LogP contribution in [0.15, 0.2) is 59.8 Å². The SMILES string of the molecule is O=C(c1ccc(CSc2nc(Cl)cc(N3CCCCC3)n2)cc1)N1CCN(c2cccc(C(F)(F)F)c2)CC1. The Kier molecular flexibility index (Phi) is 8.52. The van der Waals surface area contributed by atoms with E-state index in [-0.39, 0.29) is 5.91 Å². The maximum atomic E-state index is 13.1. The number of halogens is 4. The summed E-state index contributed by atoms with van der Waals surface area (Å²) in [4.78, 5) is 28.0. The lowest BCUT2D eigenvalue weighted by atomic mass is 10.1. The summed E-state index contributed by atoms with van der Waals surface area (Å²) >= 11 is 7.77. The Bertz CT molecular complexity index is 1290. The van der Waals surface area contributed by atoms with Crippen LogP contribution in [-0.4, -0.2) is 60.0 Å². The van der Waals surface area contributed by atoms with E-state index in [1.807, 2.05) is 35.2 Å². The van der Waals surface area contributed by atoms with Crippen LogP contribution < -0.4 is 9.80 Å². The number of hydrogen-bond donors (Lipinski definition) is 0. The highest BCUT2D eigenvalue weighted by atomic mass is 35.5. The highest BCUT2D eigenvalue weighted by Gasteiger charge is 2.31. The Morgan fingerprint density at radius 3 is 2.28 bits per heavy atom. The summed E-state index contributed by atoms with van der Waals surface area (Å²) in [7, 11) is 0. The zero-order valence-corrected chi connectivity index (χ0v) is 22.9. The highest BCUT2D eigenvalue weighted by molar-refractivity contribution is 7.98. The van der Waals surface area contributed by atoms with Crippen molar-refractivity contribution in [2.24, 2.45) is 0 Å². The number of carbonyl (C=O) groups is 1. The van der Waals surface area contributed by atoms with E-state index in [9.17, 15) is 18.0 Å². The highest BCUT2D eigenvalue weighted by Crippen LogP contribution is 2.32. The number of benzene rings is 2. The number of carbonyl (C=O) groups excluding carboxylic acids is 1. The van der Waals surface area contributed by atoms with Gasteiger partial charge in [0, 0.05) is 62.3 Å². The lowest BCUT2D eigenvalue weighted by Crippen LogP contribution is -2.48. The number of aromatic nitrogens is 2. The molecule has 39 heavy (non-hydrogen) atoms. The molecule has 2 saturated heterocycles. The third-order valence-electron chi connectivity index (χ3n) is 7.02. The molecule has 2 aliphatic heterocycles. The van der Waals surface area contributed by atoms with E-state index in [4.69, 9.17) is 16.6 Å². The molecule has 0 saturated carbocycles. The standard InChI is InChI=1S/C28H29ClF3N5OS/c29-24-18-25(36-11-2-1-3-12-36)34-27(33-24)39-19-20-7-9-21(10-8-20)26(38)37-15-13-35(14-16-37)23-6-4-5-22(17-23)28(30,31)32/h4-10,17-18H,1-3,11-16,19H2. The van der Waals surface area contributed by atoms with Gasteiger partial charge in [0.1, 0.15) is 11.0 Å². The fourth-order valence-corrected chi connectivity index (χ4v) is 5.89. The molecule has 1 aromatic heterocycles. The first-order valence-corrected chi connectivity index (χ1v) is 14.4. The molecule has 0 N–H and O–H groups in total. The molecule has 2 aromatic carbocycles. The summed E-state index contributed by atoms with van der Waals surface area (Å²) in [6.45, 7) is 3.79. The third-order valence-corrected chi connectivity index (χ3v) is 8.13. The van der Waals surface area contributed by atoms with Gasteiger partial charge in [-0.15, -0.1) is 0 Å². The summed E-state index contributed by atoms with van der Waals surface area (Å²) in [5.74, 6) is 1.43. The van der Waals surface area contributed by atoms with Gasteiger partial charge < -0.3 is 14.7 Å². The maximum absolute atomic E-state index is 13.1. The molecular weight excluding hydrogens is 547 g/mol. The van der Waals surface area contributed by atoms with Crippen molar-refractivity contribution in [1.82, 2.24) is 14.9 Å². The van der Waals surface area contributed by atoms with Crippen LogP contribution in [0.25, 0.3) is 0 Å². The average molecular weight is 576 g/mol. The van der Waals surface area contributed by atoms with E-state index in [1.54, 1.807) is 11.0 Å². The van der Waals surface area contributed by atoms with E-state index in [1.165, 1.54) is 24.2 Å². The number of alkyl halides is 3. The normalized spacial score (nSPS) is 16.5. The van der Waals surface area contributed by atoms with E-state index in [2.05, 4.69) is 9.88 Å². The number of nitrogens with zero attached hydrogens (tertiary/aromatic N) is 5. The predicted molar refractivity (Wildman–Crippen MR) is 149 cm³/mol. The molecule has 0 unspecified atom stereocenters. The molecule has 5 rings (SSSR count). The van der Waals surface area contributed by atoms with Crippen molar-refractivity contribution in [3.8, 4) is 0 Å².